The molecule has 146 valence electrons. The van der Waals surface area contributed by atoms with E-state index in [9.17, 15) is 0 Å². The zero-order valence-corrected chi connectivity index (χ0v) is 17.5. The van der Waals surface area contributed by atoms with Crippen LogP contribution in [0.3, 0.4) is 0 Å². The maximum atomic E-state index is 6.26. The summed E-state index contributed by atoms with van der Waals surface area (Å²) in [5.41, 5.74) is 5.82. The van der Waals surface area contributed by atoms with Crippen molar-refractivity contribution in [2.24, 2.45) is 0 Å². The van der Waals surface area contributed by atoms with Crippen LogP contribution in [0.2, 0.25) is 5.02 Å². The van der Waals surface area contributed by atoms with E-state index >= 15 is 0 Å². The molecule has 0 heterocycles. The Kier molecular flexibility index (Phi) is 5.73. The van der Waals surface area contributed by atoms with Crippen molar-refractivity contribution >= 4 is 28.1 Å². The van der Waals surface area contributed by atoms with Crippen LogP contribution in [0.25, 0.3) is 10.8 Å². The molecule has 0 aliphatic heterocycles. The molecule has 0 saturated heterocycles. The molecular formula is C26H24ClNO. The van der Waals surface area contributed by atoms with Gasteiger partial charge < -0.3 is 10.1 Å². The number of hydrogen-bond donors (Lipinski definition) is 1. The van der Waals surface area contributed by atoms with Gasteiger partial charge in [-0.1, -0.05) is 71.8 Å². The van der Waals surface area contributed by atoms with Gasteiger partial charge in [-0.3, -0.25) is 0 Å². The average Bonchev–Trinajstić information content (AvgIpc) is 2.72. The largest absolute Gasteiger partial charge is 0.489 e. The molecule has 0 spiro atoms. The highest BCUT2D eigenvalue weighted by Crippen LogP contribution is 2.27. The summed E-state index contributed by atoms with van der Waals surface area (Å²) in [6, 6.07) is 26.9. The maximum absolute atomic E-state index is 6.26. The van der Waals surface area contributed by atoms with Gasteiger partial charge in [-0.05, 0) is 60.0 Å². The van der Waals surface area contributed by atoms with Crippen LogP contribution in [-0.2, 0) is 13.2 Å². The first kappa shape index (κ1) is 19.4. The number of ether oxygens (including phenoxy) is 1. The lowest BCUT2D eigenvalue weighted by Crippen LogP contribution is -2.05. The Labute approximate surface area is 177 Å². The molecule has 4 aromatic rings. The molecule has 29 heavy (non-hydrogen) atoms. The summed E-state index contributed by atoms with van der Waals surface area (Å²) in [6.45, 7) is 5.38. The zero-order valence-electron chi connectivity index (χ0n) is 16.7. The fourth-order valence-electron chi connectivity index (χ4n) is 3.60. The number of aryl methyl sites for hydroxylation is 2. The van der Waals surface area contributed by atoms with E-state index in [0.29, 0.717) is 18.2 Å². The van der Waals surface area contributed by atoms with E-state index in [-0.39, 0.29) is 0 Å². The number of fused-ring (bicyclic) bond motifs is 1. The Bertz CT molecular complexity index is 1150. The quantitative estimate of drug-likeness (QED) is 0.366. The predicted molar refractivity (Wildman–Crippen MR) is 123 cm³/mol. The van der Waals surface area contributed by atoms with Crippen LogP contribution in [-0.4, -0.2) is 0 Å². The van der Waals surface area contributed by atoms with E-state index in [1.807, 2.05) is 18.2 Å². The van der Waals surface area contributed by atoms with Crippen LogP contribution in [0.1, 0.15) is 22.3 Å². The molecule has 0 aliphatic carbocycles. The van der Waals surface area contributed by atoms with Gasteiger partial charge >= 0.3 is 0 Å². The molecule has 0 aromatic heterocycles. The molecule has 0 radical (unpaired) electrons. The number of benzene rings is 4. The summed E-state index contributed by atoms with van der Waals surface area (Å²) in [7, 11) is 0. The van der Waals surface area contributed by atoms with Crippen molar-refractivity contribution in [2.75, 3.05) is 5.32 Å². The van der Waals surface area contributed by atoms with E-state index < -0.39 is 0 Å². The first-order valence-corrected chi connectivity index (χ1v) is 10.2. The Balaban J connectivity index is 1.53. The smallest absolute Gasteiger partial charge is 0.124 e. The normalized spacial score (nSPS) is 10.9. The highest BCUT2D eigenvalue weighted by Gasteiger charge is 2.08. The van der Waals surface area contributed by atoms with Gasteiger partial charge in [0.2, 0.25) is 0 Å². The van der Waals surface area contributed by atoms with Crippen molar-refractivity contribution in [1.82, 2.24) is 0 Å². The minimum absolute atomic E-state index is 0.513. The molecule has 0 aliphatic rings. The van der Waals surface area contributed by atoms with E-state index in [0.717, 1.165) is 17.0 Å². The van der Waals surface area contributed by atoms with E-state index in [2.05, 4.69) is 79.8 Å². The van der Waals surface area contributed by atoms with Crippen molar-refractivity contribution in [3.8, 4) is 5.75 Å². The average molecular weight is 402 g/mol. The second-order valence-corrected chi connectivity index (χ2v) is 7.79. The van der Waals surface area contributed by atoms with Crippen molar-refractivity contribution in [2.45, 2.75) is 27.0 Å². The number of hydrogen-bond acceptors (Lipinski definition) is 2. The summed E-state index contributed by atoms with van der Waals surface area (Å²) in [5, 5.41) is 6.67. The summed E-state index contributed by atoms with van der Waals surface area (Å²) >= 11 is 6.26. The molecule has 0 amide bonds. The third-order valence-corrected chi connectivity index (χ3v) is 5.37. The Morgan fingerprint density at radius 3 is 2.52 bits per heavy atom. The monoisotopic (exact) mass is 401 g/mol. The third kappa shape index (κ3) is 4.55. The van der Waals surface area contributed by atoms with Crippen molar-refractivity contribution < 1.29 is 4.74 Å². The Hall–Kier alpha value is -2.97. The molecule has 4 rings (SSSR count). The molecule has 0 atom stereocenters. The van der Waals surface area contributed by atoms with Crippen LogP contribution in [0.15, 0.2) is 78.9 Å². The lowest BCUT2D eigenvalue weighted by Gasteiger charge is -2.15. The number of rotatable bonds is 6. The minimum Gasteiger partial charge on any atom is -0.489 e. The predicted octanol–water partition coefficient (Wildman–Crippen LogP) is 7.30. The van der Waals surface area contributed by atoms with Gasteiger partial charge in [-0.25, -0.2) is 0 Å². The molecule has 4 aromatic carbocycles. The fraction of sp³-hybridized carbons (Fsp3) is 0.154. The van der Waals surface area contributed by atoms with Gasteiger partial charge in [0.15, 0.2) is 0 Å². The minimum atomic E-state index is 0.513. The zero-order chi connectivity index (χ0) is 20.2. The standard InChI is InChI=1S/C26H24ClNO/c1-18-10-12-25(19(2)14-18)28-16-22-15-23(27)11-13-26(22)29-17-21-8-5-7-20-6-3-4-9-24(20)21/h3-15,28H,16-17H2,1-2H3. The highest BCUT2D eigenvalue weighted by molar-refractivity contribution is 6.30. The SMILES string of the molecule is Cc1ccc(NCc2cc(Cl)ccc2OCc2cccc3ccccc23)c(C)c1. The molecular weight excluding hydrogens is 378 g/mol. The van der Waals surface area contributed by atoms with Crippen LogP contribution >= 0.6 is 11.6 Å². The van der Waals surface area contributed by atoms with E-state index in [1.54, 1.807) is 0 Å². The van der Waals surface area contributed by atoms with Gasteiger partial charge in [-0.2, -0.15) is 0 Å². The van der Waals surface area contributed by atoms with Crippen molar-refractivity contribution in [3.63, 3.8) is 0 Å². The Morgan fingerprint density at radius 2 is 1.66 bits per heavy atom. The van der Waals surface area contributed by atoms with Gasteiger partial charge in [0.1, 0.15) is 12.4 Å². The van der Waals surface area contributed by atoms with Crippen LogP contribution in [0, 0.1) is 13.8 Å². The van der Waals surface area contributed by atoms with Crippen LogP contribution < -0.4 is 10.1 Å². The number of nitrogens with one attached hydrogen (secondary N) is 1. The van der Waals surface area contributed by atoms with Crippen LogP contribution in [0.5, 0.6) is 5.75 Å². The molecule has 1 N–H and O–H groups in total. The first-order valence-electron chi connectivity index (χ1n) is 9.79. The lowest BCUT2D eigenvalue weighted by molar-refractivity contribution is 0.305. The fourth-order valence-corrected chi connectivity index (χ4v) is 3.80. The van der Waals surface area contributed by atoms with E-state index in [4.69, 9.17) is 16.3 Å². The Morgan fingerprint density at radius 1 is 0.828 bits per heavy atom. The highest BCUT2D eigenvalue weighted by atomic mass is 35.5. The summed E-state index contributed by atoms with van der Waals surface area (Å²) < 4.78 is 6.23. The van der Waals surface area contributed by atoms with Gasteiger partial charge in [-0.15, -0.1) is 0 Å². The van der Waals surface area contributed by atoms with Gasteiger partial charge in [0.25, 0.3) is 0 Å². The topological polar surface area (TPSA) is 21.3 Å². The van der Waals surface area contributed by atoms with Crippen molar-refractivity contribution in [1.29, 1.82) is 0 Å². The van der Waals surface area contributed by atoms with E-state index in [1.165, 1.54) is 27.5 Å². The second-order valence-electron chi connectivity index (χ2n) is 7.35. The van der Waals surface area contributed by atoms with Crippen molar-refractivity contribution in [3.05, 3.63) is 106 Å². The second kappa shape index (κ2) is 8.59. The van der Waals surface area contributed by atoms with Gasteiger partial charge in [0.05, 0.1) is 0 Å². The molecule has 0 fully saturated rings. The molecule has 2 nitrogen and oxygen atoms in total. The lowest BCUT2D eigenvalue weighted by atomic mass is 10.1. The first-order chi connectivity index (χ1) is 14.1. The molecule has 0 unspecified atom stereocenters. The van der Waals surface area contributed by atoms with Gasteiger partial charge in [0, 0.05) is 22.8 Å². The van der Waals surface area contributed by atoms with Crippen LogP contribution in [0.4, 0.5) is 5.69 Å². The maximum Gasteiger partial charge on any atom is 0.124 e. The summed E-state index contributed by atoms with van der Waals surface area (Å²) in [4.78, 5) is 0. The molecule has 3 heteroatoms. The number of halogens is 1. The number of anilines is 1. The summed E-state index contributed by atoms with van der Waals surface area (Å²) in [5.74, 6) is 0.847. The third-order valence-electron chi connectivity index (χ3n) is 5.14. The summed E-state index contributed by atoms with van der Waals surface area (Å²) in [6.07, 6.45) is 0. The molecule has 0 bridgehead atoms. The molecule has 0 saturated carbocycles.